The van der Waals surface area contributed by atoms with Gasteiger partial charge in [-0.3, -0.25) is 10.1 Å². The molecule has 0 saturated carbocycles. The standard InChI is InChI=1S/C9H17NO3/c1-7(9(11)12-2)10-8-4-3-5-13-6-8/h7-8,10H,3-6H2,1-2H3. The van der Waals surface area contributed by atoms with Crippen LogP contribution in [0.5, 0.6) is 0 Å². The first-order chi connectivity index (χ1) is 6.24. The highest BCUT2D eigenvalue weighted by Gasteiger charge is 2.20. The number of methoxy groups -OCH3 is 1. The summed E-state index contributed by atoms with van der Waals surface area (Å²) in [6, 6.07) is 0.0551. The monoisotopic (exact) mass is 187 g/mol. The Kier molecular flexibility index (Phi) is 4.18. The molecule has 13 heavy (non-hydrogen) atoms. The Morgan fingerprint density at radius 3 is 3.00 bits per heavy atom. The van der Waals surface area contributed by atoms with Crippen LogP contribution in [0.3, 0.4) is 0 Å². The van der Waals surface area contributed by atoms with Crippen molar-refractivity contribution < 1.29 is 14.3 Å². The van der Waals surface area contributed by atoms with Gasteiger partial charge in [-0.2, -0.15) is 0 Å². The minimum Gasteiger partial charge on any atom is -0.468 e. The lowest BCUT2D eigenvalue weighted by Gasteiger charge is -2.25. The number of esters is 1. The lowest BCUT2D eigenvalue weighted by atomic mass is 10.1. The van der Waals surface area contributed by atoms with Crippen LogP contribution in [0.1, 0.15) is 19.8 Å². The van der Waals surface area contributed by atoms with E-state index in [1.165, 1.54) is 7.11 Å². The number of nitrogens with one attached hydrogen (secondary N) is 1. The van der Waals surface area contributed by atoms with Crippen LogP contribution in [0, 0.1) is 0 Å². The quantitative estimate of drug-likeness (QED) is 0.646. The van der Waals surface area contributed by atoms with Crippen LogP contribution in [-0.4, -0.2) is 38.4 Å². The second kappa shape index (κ2) is 5.19. The van der Waals surface area contributed by atoms with Crippen molar-refractivity contribution in [1.82, 2.24) is 5.32 Å². The molecule has 2 atom stereocenters. The summed E-state index contributed by atoms with van der Waals surface area (Å²) >= 11 is 0. The van der Waals surface area contributed by atoms with Gasteiger partial charge in [0.2, 0.25) is 0 Å². The Morgan fingerprint density at radius 2 is 2.46 bits per heavy atom. The van der Waals surface area contributed by atoms with E-state index in [9.17, 15) is 4.79 Å². The van der Waals surface area contributed by atoms with Gasteiger partial charge < -0.3 is 9.47 Å². The molecule has 0 amide bonds. The second-order valence-electron chi connectivity index (χ2n) is 3.33. The Bertz CT molecular complexity index is 166. The molecule has 76 valence electrons. The van der Waals surface area contributed by atoms with Crippen molar-refractivity contribution in [3.8, 4) is 0 Å². The largest absolute Gasteiger partial charge is 0.468 e. The number of hydrogen-bond donors (Lipinski definition) is 1. The van der Waals surface area contributed by atoms with Crippen molar-refractivity contribution >= 4 is 5.97 Å². The molecule has 1 fully saturated rings. The smallest absolute Gasteiger partial charge is 0.322 e. The highest BCUT2D eigenvalue weighted by atomic mass is 16.5. The van der Waals surface area contributed by atoms with Gasteiger partial charge in [0, 0.05) is 12.6 Å². The first kappa shape index (κ1) is 10.5. The molecule has 0 aliphatic carbocycles. The molecule has 1 saturated heterocycles. The topological polar surface area (TPSA) is 47.6 Å². The Balaban J connectivity index is 2.25. The van der Waals surface area contributed by atoms with E-state index in [4.69, 9.17) is 4.74 Å². The van der Waals surface area contributed by atoms with Gasteiger partial charge in [0.1, 0.15) is 6.04 Å². The zero-order valence-corrected chi connectivity index (χ0v) is 8.21. The lowest BCUT2D eigenvalue weighted by Crippen LogP contribution is -2.45. The third kappa shape index (κ3) is 3.32. The van der Waals surface area contributed by atoms with Crippen LogP contribution in [0.2, 0.25) is 0 Å². The van der Waals surface area contributed by atoms with Gasteiger partial charge in [0.15, 0.2) is 0 Å². The molecule has 4 nitrogen and oxygen atoms in total. The van der Waals surface area contributed by atoms with Crippen LogP contribution in [0.4, 0.5) is 0 Å². The molecule has 4 heteroatoms. The fourth-order valence-corrected chi connectivity index (χ4v) is 1.47. The van der Waals surface area contributed by atoms with E-state index in [2.05, 4.69) is 10.1 Å². The van der Waals surface area contributed by atoms with Crippen LogP contribution >= 0.6 is 0 Å². The molecule has 1 rings (SSSR count). The zero-order valence-electron chi connectivity index (χ0n) is 8.21. The van der Waals surface area contributed by atoms with Crippen molar-refractivity contribution in [3.05, 3.63) is 0 Å². The maximum atomic E-state index is 11.1. The highest BCUT2D eigenvalue weighted by Crippen LogP contribution is 2.06. The number of hydrogen-bond acceptors (Lipinski definition) is 4. The van der Waals surface area contributed by atoms with E-state index >= 15 is 0 Å². The molecule has 0 aromatic carbocycles. The molecular weight excluding hydrogens is 170 g/mol. The van der Waals surface area contributed by atoms with Gasteiger partial charge in [0.05, 0.1) is 13.7 Å². The van der Waals surface area contributed by atoms with Gasteiger partial charge in [-0.05, 0) is 19.8 Å². The molecule has 2 unspecified atom stereocenters. The molecule has 1 aliphatic rings. The molecular formula is C9H17NO3. The molecule has 0 radical (unpaired) electrons. The lowest BCUT2D eigenvalue weighted by molar-refractivity contribution is -0.143. The third-order valence-corrected chi connectivity index (χ3v) is 2.20. The summed E-state index contributed by atoms with van der Waals surface area (Å²) in [5.41, 5.74) is 0. The normalized spacial score (nSPS) is 25.2. The predicted octanol–water partition coefficient (Wildman–Crippen LogP) is 0.316. The summed E-state index contributed by atoms with van der Waals surface area (Å²) in [6.07, 6.45) is 2.13. The fourth-order valence-electron chi connectivity index (χ4n) is 1.47. The molecule has 0 bridgehead atoms. The number of carbonyl (C=O) groups is 1. The molecule has 0 aromatic rings. The zero-order chi connectivity index (χ0) is 9.68. The Labute approximate surface area is 78.6 Å². The van der Waals surface area contributed by atoms with Crippen LogP contribution in [0.25, 0.3) is 0 Å². The molecule has 0 aromatic heterocycles. The summed E-state index contributed by atoms with van der Waals surface area (Å²) in [6.45, 7) is 3.34. The van der Waals surface area contributed by atoms with Gasteiger partial charge in [-0.15, -0.1) is 0 Å². The number of ether oxygens (including phenoxy) is 2. The Hall–Kier alpha value is -0.610. The molecule has 1 heterocycles. The predicted molar refractivity (Wildman–Crippen MR) is 48.5 cm³/mol. The van der Waals surface area contributed by atoms with Gasteiger partial charge in [-0.1, -0.05) is 0 Å². The SMILES string of the molecule is COC(=O)C(C)NC1CCCOC1. The average molecular weight is 187 g/mol. The maximum Gasteiger partial charge on any atom is 0.322 e. The average Bonchev–Trinajstić information content (AvgIpc) is 2.18. The summed E-state index contributed by atoms with van der Waals surface area (Å²) < 4.78 is 9.89. The van der Waals surface area contributed by atoms with Crippen molar-refractivity contribution in [2.75, 3.05) is 20.3 Å². The van der Waals surface area contributed by atoms with E-state index in [0.29, 0.717) is 12.6 Å². The van der Waals surface area contributed by atoms with E-state index in [-0.39, 0.29) is 12.0 Å². The highest BCUT2D eigenvalue weighted by molar-refractivity contribution is 5.75. The molecule has 0 spiro atoms. The van der Waals surface area contributed by atoms with Crippen molar-refractivity contribution in [1.29, 1.82) is 0 Å². The summed E-state index contributed by atoms with van der Waals surface area (Å²) in [7, 11) is 1.40. The first-order valence-electron chi connectivity index (χ1n) is 4.65. The third-order valence-electron chi connectivity index (χ3n) is 2.20. The van der Waals surface area contributed by atoms with E-state index < -0.39 is 0 Å². The minimum absolute atomic E-state index is 0.217. The van der Waals surface area contributed by atoms with Gasteiger partial charge in [-0.25, -0.2) is 0 Å². The second-order valence-corrected chi connectivity index (χ2v) is 3.33. The minimum atomic E-state index is -0.239. The molecule has 1 aliphatic heterocycles. The van der Waals surface area contributed by atoms with Gasteiger partial charge >= 0.3 is 5.97 Å². The summed E-state index contributed by atoms with van der Waals surface area (Å²) in [5.74, 6) is -0.217. The number of carbonyl (C=O) groups excluding carboxylic acids is 1. The fraction of sp³-hybridized carbons (Fsp3) is 0.889. The maximum absolute atomic E-state index is 11.1. The van der Waals surface area contributed by atoms with Crippen LogP contribution in [-0.2, 0) is 14.3 Å². The van der Waals surface area contributed by atoms with Crippen molar-refractivity contribution in [2.45, 2.75) is 31.8 Å². The van der Waals surface area contributed by atoms with Crippen molar-refractivity contribution in [3.63, 3.8) is 0 Å². The molecule has 1 N–H and O–H groups in total. The van der Waals surface area contributed by atoms with Gasteiger partial charge in [0.25, 0.3) is 0 Å². The van der Waals surface area contributed by atoms with Crippen LogP contribution in [0.15, 0.2) is 0 Å². The Morgan fingerprint density at radius 1 is 1.69 bits per heavy atom. The van der Waals surface area contributed by atoms with Crippen molar-refractivity contribution in [2.24, 2.45) is 0 Å². The summed E-state index contributed by atoms with van der Waals surface area (Å²) in [5, 5.41) is 3.17. The number of rotatable bonds is 3. The van der Waals surface area contributed by atoms with E-state index in [0.717, 1.165) is 19.4 Å². The van der Waals surface area contributed by atoms with E-state index in [1.54, 1.807) is 6.92 Å². The summed E-state index contributed by atoms with van der Waals surface area (Å²) in [4.78, 5) is 11.1. The first-order valence-corrected chi connectivity index (χ1v) is 4.65. The van der Waals surface area contributed by atoms with E-state index in [1.807, 2.05) is 0 Å². The van der Waals surface area contributed by atoms with Crippen LogP contribution < -0.4 is 5.32 Å².